The van der Waals surface area contributed by atoms with Crippen LogP contribution >= 0.6 is 0 Å². The first-order chi connectivity index (χ1) is 11.6. The van der Waals surface area contributed by atoms with Crippen molar-refractivity contribution in [1.29, 1.82) is 0 Å². The molecule has 0 spiro atoms. The van der Waals surface area contributed by atoms with Crippen molar-refractivity contribution in [1.82, 2.24) is 20.2 Å². The monoisotopic (exact) mass is 331 g/mol. The Morgan fingerprint density at radius 3 is 2.67 bits per heavy atom. The Balaban J connectivity index is 1.78. The lowest BCUT2D eigenvalue weighted by atomic mass is 10.1. The Bertz CT molecular complexity index is 646. The van der Waals surface area contributed by atoms with Gasteiger partial charge in [0.2, 0.25) is 0 Å². The van der Waals surface area contributed by atoms with Gasteiger partial charge in [-0.15, -0.1) is 0 Å². The third kappa shape index (κ3) is 5.68. The summed E-state index contributed by atoms with van der Waals surface area (Å²) >= 11 is 0. The summed E-state index contributed by atoms with van der Waals surface area (Å²) in [6.07, 6.45) is 4.63. The van der Waals surface area contributed by atoms with E-state index in [2.05, 4.69) is 39.0 Å². The molecule has 0 aliphatic rings. The fourth-order valence-electron chi connectivity index (χ4n) is 2.43. The van der Waals surface area contributed by atoms with Crippen molar-refractivity contribution >= 4 is 5.96 Å². The van der Waals surface area contributed by atoms with Crippen LogP contribution in [0.25, 0.3) is 0 Å². The maximum absolute atomic E-state index is 12.9. The van der Waals surface area contributed by atoms with E-state index in [0.29, 0.717) is 12.5 Å². The van der Waals surface area contributed by atoms with Gasteiger partial charge in [-0.3, -0.25) is 4.99 Å². The van der Waals surface area contributed by atoms with E-state index < -0.39 is 0 Å². The maximum Gasteiger partial charge on any atom is 0.191 e. The molecular weight excluding hydrogens is 305 g/mol. The molecule has 2 N–H and O–H groups in total. The van der Waals surface area contributed by atoms with Crippen LogP contribution in [-0.4, -0.2) is 29.1 Å². The first kappa shape index (κ1) is 18.0. The molecule has 1 aromatic carbocycles. The number of hydrogen-bond acceptors (Lipinski definition) is 2. The number of guanidine groups is 1. The van der Waals surface area contributed by atoms with Crippen LogP contribution in [0.5, 0.6) is 0 Å². The van der Waals surface area contributed by atoms with E-state index in [0.717, 1.165) is 36.9 Å². The molecular formula is C18H26FN5. The highest BCUT2D eigenvalue weighted by molar-refractivity contribution is 5.79. The summed E-state index contributed by atoms with van der Waals surface area (Å²) in [5.74, 6) is 2.09. The number of benzene rings is 1. The van der Waals surface area contributed by atoms with Crippen LogP contribution in [0.4, 0.5) is 4.39 Å². The lowest BCUT2D eigenvalue weighted by molar-refractivity contribution is 0.503. The Morgan fingerprint density at radius 1 is 1.25 bits per heavy atom. The van der Waals surface area contributed by atoms with Gasteiger partial charge in [0.1, 0.15) is 11.6 Å². The Hall–Kier alpha value is -2.37. The molecule has 5 nitrogen and oxygen atoms in total. The minimum atomic E-state index is -0.207. The number of nitrogens with one attached hydrogen (secondary N) is 2. The SMILES string of the molecule is CN=C(NCCc1ccc(F)cc1)NCc1nccn1CC(C)C. The molecule has 1 heterocycles. The molecule has 6 heteroatoms. The molecule has 2 aromatic rings. The van der Waals surface area contributed by atoms with E-state index in [1.165, 1.54) is 12.1 Å². The first-order valence-electron chi connectivity index (χ1n) is 8.27. The molecule has 0 saturated heterocycles. The quantitative estimate of drug-likeness (QED) is 0.606. The van der Waals surface area contributed by atoms with E-state index in [9.17, 15) is 4.39 Å². The van der Waals surface area contributed by atoms with Gasteiger partial charge in [-0.05, 0) is 30.0 Å². The summed E-state index contributed by atoms with van der Waals surface area (Å²) in [7, 11) is 1.74. The highest BCUT2D eigenvalue weighted by Crippen LogP contribution is 2.04. The van der Waals surface area contributed by atoms with E-state index >= 15 is 0 Å². The average molecular weight is 331 g/mol. The van der Waals surface area contributed by atoms with E-state index in [-0.39, 0.29) is 5.82 Å². The van der Waals surface area contributed by atoms with E-state index in [4.69, 9.17) is 0 Å². The van der Waals surface area contributed by atoms with Gasteiger partial charge in [0.25, 0.3) is 0 Å². The molecule has 24 heavy (non-hydrogen) atoms. The second-order valence-corrected chi connectivity index (χ2v) is 6.12. The number of nitrogens with zero attached hydrogens (tertiary/aromatic N) is 3. The van der Waals surface area contributed by atoms with E-state index in [1.807, 2.05) is 12.4 Å². The van der Waals surface area contributed by atoms with E-state index in [1.54, 1.807) is 19.2 Å². The molecule has 2 rings (SSSR count). The van der Waals surface area contributed by atoms with Crippen LogP contribution in [0.15, 0.2) is 41.7 Å². The Kier molecular flexibility index (Phi) is 6.78. The molecule has 1 aromatic heterocycles. The highest BCUT2D eigenvalue weighted by atomic mass is 19.1. The van der Waals surface area contributed by atoms with Crippen molar-refractivity contribution < 1.29 is 4.39 Å². The first-order valence-corrected chi connectivity index (χ1v) is 8.27. The molecule has 0 aliphatic heterocycles. The lowest BCUT2D eigenvalue weighted by Gasteiger charge is -2.14. The Labute approximate surface area is 143 Å². The molecule has 0 atom stereocenters. The molecule has 0 saturated carbocycles. The molecule has 0 radical (unpaired) electrons. The molecule has 0 unspecified atom stereocenters. The molecule has 0 aliphatic carbocycles. The fourth-order valence-corrected chi connectivity index (χ4v) is 2.43. The van der Waals surface area contributed by atoms with Gasteiger partial charge in [-0.2, -0.15) is 0 Å². The van der Waals surface area contributed by atoms with Gasteiger partial charge in [0, 0.05) is 32.5 Å². The van der Waals surface area contributed by atoms with Gasteiger partial charge >= 0.3 is 0 Å². The van der Waals surface area contributed by atoms with Crippen LogP contribution in [0, 0.1) is 11.7 Å². The standard InChI is InChI=1S/C18H26FN5/c1-14(2)13-24-11-10-21-17(24)12-23-18(20-3)22-9-8-15-4-6-16(19)7-5-15/h4-7,10-11,14H,8-9,12-13H2,1-3H3,(H2,20,22,23). The van der Waals surface area contributed by atoms with Gasteiger partial charge in [0.05, 0.1) is 6.54 Å². The second kappa shape index (κ2) is 9.05. The number of halogens is 1. The summed E-state index contributed by atoms with van der Waals surface area (Å²) in [6.45, 7) is 6.68. The van der Waals surface area contributed by atoms with Crippen LogP contribution in [0.1, 0.15) is 25.2 Å². The van der Waals surface area contributed by atoms with Crippen molar-refractivity contribution in [3.05, 3.63) is 53.9 Å². The molecule has 0 bridgehead atoms. The molecule has 130 valence electrons. The molecule has 0 amide bonds. The zero-order chi connectivity index (χ0) is 17.4. The van der Waals surface area contributed by atoms with Gasteiger partial charge in [-0.1, -0.05) is 26.0 Å². The summed E-state index contributed by atoms with van der Waals surface area (Å²) in [6, 6.07) is 6.57. The van der Waals surface area contributed by atoms with Crippen molar-refractivity contribution in [3.63, 3.8) is 0 Å². The largest absolute Gasteiger partial charge is 0.356 e. The van der Waals surface area contributed by atoms with Crippen molar-refractivity contribution in [2.24, 2.45) is 10.9 Å². The van der Waals surface area contributed by atoms with Crippen molar-refractivity contribution in [2.45, 2.75) is 33.4 Å². The zero-order valence-corrected chi connectivity index (χ0v) is 14.6. The minimum absolute atomic E-state index is 0.207. The average Bonchev–Trinajstić information content (AvgIpc) is 2.99. The van der Waals surface area contributed by atoms with Crippen LogP contribution in [0.2, 0.25) is 0 Å². The predicted octanol–water partition coefficient (Wildman–Crippen LogP) is 2.59. The highest BCUT2D eigenvalue weighted by Gasteiger charge is 2.06. The van der Waals surface area contributed by atoms with Gasteiger partial charge in [-0.25, -0.2) is 9.37 Å². The summed E-state index contributed by atoms with van der Waals surface area (Å²) in [5, 5.41) is 6.54. The maximum atomic E-state index is 12.9. The number of aliphatic imine (C=N–C) groups is 1. The van der Waals surface area contributed by atoms with Crippen LogP contribution < -0.4 is 10.6 Å². The second-order valence-electron chi connectivity index (χ2n) is 6.12. The summed E-state index contributed by atoms with van der Waals surface area (Å²) < 4.78 is 15.0. The van der Waals surface area contributed by atoms with Gasteiger partial charge in [0.15, 0.2) is 5.96 Å². The number of imidazole rings is 1. The van der Waals surface area contributed by atoms with Crippen molar-refractivity contribution in [2.75, 3.05) is 13.6 Å². The van der Waals surface area contributed by atoms with Crippen LogP contribution in [0.3, 0.4) is 0 Å². The van der Waals surface area contributed by atoms with Gasteiger partial charge < -0.3 is 15.2 Å². The summed E-state index contributed by atoms with van der Waals surface area (Å²) in [5.41, 5.74) is 1.09. The third-order valence-corrected chi connectivity index (χ3v) is 3.62. The normalized spacial score (nSPS) is 11.8. The number of aromatic nitrogens is 2. The molecule has 0 fully saturated rings. The lowest BCUT2D eigenvalue weighted by Crippen LogP contribution is -2.38. The topological polar surface area (TPSA) is 54.2 Å². The third-order valence-electron chi connectivity index (χ3n) is 3.62. The number of rotatable bonds is 7. The predicted molar refractivity (Wildman–Crippen MR) is 95.4 cm³/mol. The fraction of sp³-hybridized carbons (Fsp3) is 0.444. The smallest absolute Gasteiger partial charge is 0.191 e. The zero-order valence-electron chi connectivity index (χ0n) is 14.6. The number of hydrogen-bond donors (Lipinski definition) is 2. The summed E-state index contributed by atoms with van der Waals surface area (Å²) in [4.78, 5) is 8.61. The van der Waals surface area contributed by atoms with Crippen LogP contribution in [-0.2, 0) is 19.5 Å². The minimum Gasteiger partial charge on any atom is -0.356 e. The van der Waals surface area contributed by atoms with Crippen molar-refractivity contribution in [3.8, 4) is 0 Å². The Morgan fingerprint density at radius 2 is 2.00 bits per heavy atom.